The van der Waals surface area contributed by atoms with E-state index in [9.17, 15) is 4.79 Å². The Morgan fingerprint density at radius 2 is 1.97 bits per heavy atom. The van der Waals surface area contributed by atoms with Gasteiger partial charge in [-0.2, -0.15) is 0 Å². The van der Waals surface area contributed by atoms with Gasteiger partial charge in [0.2, 0.25) is 17.7 Å². The number of carbonyl (C=O) groups excluding carboxylic acids is 1. The highest BCUT2D eigenvalue weighted by atomic mass is 35.5. The topological polar surface area (TPSA) is 59.2 Å². The lowest BCUT2D eigenvalue weighted by Crippen LogP contribution is -2.37. The number of hydrogen-bond donors (Lipinski definition) is 0. The molecule has 0 unspecified atom stereocenters. The first-order valence-electron chi connectivity index (χ1n) is 9.44. The van der Waals surface area contributed by atoms with Crippen molar-refractivity contribution in [1.29, 1.82) is 0 Å². The molecule has 29 heavy (non-hydrogen) atoms. The molecule has 0 saturated heterocycles. The van der Waals surface area contributed by atoms with Crippen LogP contribution in [-0.2, 0) is 17.1 Å². The first-order chi connectivity index (χ1) is 13.9. The number of carbonyl (C=O) groups is 1. The predicted octanol–water partition coefficient (Wildman–Crippen LogP) is 5.37. The van der Waals surface area contributed by atoms with Crippen molar-refractivity contribution in [3.63, 3.8) is 0 Å². The molecule has 152 valence electrons. The first-order valence-corrected chi connectivity index (χ1v) is 11.0. The molecule has 5 nitrogen and oxygen atoms in total. The minimum atomic E-state index is 0.0257. The van der Waals surface area contributed by atoms with Gasteiger partial charge in [0, 0.05) is 11.8 Å². The summed E-state index contributed by atoms with van der Waals surface area (Å²) in [5, 5.41) is 8.73. The van der Waals surface area contributed by atoms with E-state index in [-0.39, 0.29) is 18.5 Å². The van der Waals surface area contributed by atoms with Crippen molar-refractivity contribution in [2.45, 2.75) is 39.1 Å². The van der Waals surface area contributed by atoms with E-state index >= 15 is 0 Å². The average molecular weight is 430 g/mol. The Kier molecular flexibility index (Phi) is 7.34. The Labute approximate surface area is 180 Å². The zero-order valence-corrected chi connectivity index (χ0v) is 18.3. The molecule has 2 aromatic carbocycles. The van der Waals surface area contributed by atoms with E-state index in [2.05, 4.69) is 35.3 Å². The van der Waals surface area contributed by atoms with Crippen LogP contribution >= 0.6 is 23.4 Å². The molecule has 0 N–H and O–H groups in total. The van der Waals surface area contributed by atoms with Crippen LogP contribution < -0.4 is 0 Å². The third-order valence-corrected chi connectivity index (χ3v) is 5.72. The van der Waals surface area contributed by atoms with Gasteiger partial charge in [0.25, 0.3) is 0 Å². The average Bonchev–Trinajstić information content (AvgIpc) is 3.14. The van der Waals surface area contributed by atoms with Gasteiger partial charge in [-0.15, -0.1) is 22.0 Å². The minimum absolute atomic E-state index is 0.0257. The van der Waals surface area contributed by atoms with E-state index in [1.54, 1.807) is 22.7 Å². The summed E-state index contributed by atoms with van der Waals surface area (Å²) in [6, 6.07) is 15.7. The maximum Gasteiger partial charge on any atom is 0.249 e. The van der Waals surface area contributed by atoms with E-state index in [0.29, 0.717) is 28.1 Å². The smallest absolute Gasteiger partial charge is 0.249 e. The lowest BCUT2D eigenvalue weighted by molar-refractivity contribution is -0.131. The minimum Gasteiger partial charge on any atom is -0.419 e. The molecule has 0 saturated carbocycles. The van der Waals surface area contributed by atoms with Gasteiger partial charge < -0.3 is 9.32 Å². The molecule has 0 aliphatic heterocycles. The van der Waals surface area contributed by atoms with Gasteiger partial charge in [-0.1, -0.05) is 53.6 Å². The number of rotatable bonds is 8. The predicted molar refractivity (Wildman–Crippen MR) is 118 cm³/mol. The van der Waals surface area contributed by atoms with E-state index in [4.69, 9.17) is 16.0 Å². The van der Waals surface area contributed by atoms with Crippen molar-refractivity contribution in [2.24, 2.45) is 0 Å². The highest BCUT2D eigenvalue weighted by Crippen LogP contribution is 2.26. The Morgan fingerprint density at radius 3 is 2.69 bits per heavy atom. The number of aryl methyl sites for hydroxylation is 1. The van der Waals surface area contributed by atoms with Crippen LogP contribution in [0.3, 0.4) is 0 Å². The summed E-state index contributed by atoms with van der Waals surface area (Å²) in [6.45, 7) is 6.31. The zero-order chi connectivity index (χ0) is 20.8. The van der Waals surface area contributed by atoms with E-state index in [1.165, 1.54) is 11.1 Å². The van der Waals surface area contributed by atoms with Crippen molar-refractivity contribution in [2.75, 3.05) is 5.75 Å². The number of hydrogen-bond acceptors (Lipinski definition) is 5. The van der Waals surface area contributed by atoms with E-state index in [0.717, 1.165) is 5.75 Å². The van der Waals surface area contributed by atoms with Crippen LogP contribution in [0.1, 0.15) is 30.9 Å². The fraction of sp³-hybridized carbons (Fsp3) is 0.318. The van der Waals surface area contributed by atoms with Crippen molar-refractivity contribution in [3.05, 3.63) is 70.6 Å². The van der Waals surface area contributed by atoms with Gasteiger partial charge in [0.05, 0.1) is 22.9 Å². The molecule has 0 aliphatic carbocycles. The molecule has 0 fully saturated rings. The monoisotopic (exact) mass is 429 g/mol. The third-order valence-electron chi connectivity index (χ3n) is 4.40. The van der Waals surface area contributed by atoms with Gasteiger partial charge in [-0.25, -0.2) is 0 Å². The van der Waals surface area contributed by atoms with Gasteiger partial charge >= 0.3 is 0 Å². The lowest BCUT2D eigenvalue weighted by Gasteiger charge is -2.25. The van der Waals surface area contributed by atoms with Crippen molar-refractivity contribution < 1.29 is 9.21 Å². The summed E-state index contributed by atoms with van der Waals surface area (Å²) in [6.07, 6.45) is 0. The molecule has 0 spiro atoms. The molecule has 3 rings (SSSR count). The van der Waals surface area contributed by atoms with Gasteiger partial charge in [0.1, 0.15) is 0 Å². The summed E-state index contributed by atoms with van der Waals surface area (Å²) in [4.78, 5) is 14.5. The van der Waals surface area contributed by atoms with Gasteiger partial charge in [-0.3, -0.25) is 4.79 Å². The molecule has 0 atom stereocenters. The van der Waals surface area contributed by atoms with Crippen molar-refractivity contribution >= 4 is 29.3 Å². The van der Waals surface area contributed by atoms with Crippen LogP contribution in [0.25, 0.3) is 11.5 Å². The quantitative estimate of drug-likeness (QED) is 0.481. The maximum absolute atomic E-state index is 12.8. The number of thioether (sulfide) groups is 1. The van der Waals surface area contributed by atoms with Crippen LogP contribution in [0.4, 0.5) is 0 Å². The molecular weight excluding hydrogens is 406 g/mol. The van der Waals surface area contributed by atoms with E-state index in [1.807, 2.05) is 38.1 Å². The molecule has 0 aliphatic rings. The molecule has 1 amide bonds. The fourth-order valence-electron chi connectivity index (χ4n) is 2.91. The SMILES string of the molecule is Cc1cccc(CSCC(=O)N(Cc2nnc(-c3ccccc3Cl)o2)C(C)C)c1. The Hall–Kier alpha value is -2.31. The van der Waals surface area contributed by atoms with Crippen molar-refractivity contribution in [3.8, 4) is 11.5 Å². The van der Waals surface area contributed by atoms with E-state index < -0.39 is 0 Å². The molecule has 7 heteroatoms. The highest BCUT2D eigenvalue weighted by molar-refractivity contribution is 7.99. The second-order valence-electron chi connectivity index (χ2n) is 7.08. The van der Waals surface area contributed by atoms with Crippen LogP contribution in [0.5, 0.6) is 0 Å². The van der Waals surface area contributed by atoms with Crippen LogP contribution in [0, 0.1) is 6.92 Å². The summed E-state index contributed by atoms with van der Waals surface area (Å²) in [5.74, 6) is 2.00. The van der Waals surface area contributed by atoms with Gasteiger partial charge in [0.15, 0.2) is 0 Å². The Balaban J connectivity index is 1.61. The normalized spacial score (nSPS) is 11.1. The third kappa shape index (κ3) is 5.84. The number of halogens is 1. The molecule has 1 heterocycles. The second-order valence-corrected chi connectivity index (χ2v) is 8.47. The fourth-order valence-corrected chi connectivity index (χ4v) is 3.98. The standard InChI is InChI=1S/C22H24ClN3O2S/c1-15(2)26(21(27)14-29-13-17-8-6-7-16(3)11-17)12-20-24-25-22(28-20)18-9-4-5-10-19(18)23/h4-11,15H,12-14H2,1-3H3. The summed E-state index contributed by atoms with van der Waals surface area (Å²) >= 11 is 7.81. The highest BCUT2D eigenvalue weighted by Gasteiger charge is 2.21. The number of aromatic nitrogens is 2. The largest absolute Gasteiger partial charge is 0.419 e. The maximum atomic E-state index is 12.8. The molecular formula is C22H24ClN3O2S. The second kappa shape index (κ2) is 9.94. The number of amides is 1. The number of nitrogens with zero attached hydrogens (tertiary/aromatic N) is 3. The number of benzene rings is 2. The lowest BCUT2D eigenvalue weighted by atomic mass is 10.2. The van der Waals surface area contributed by atoms with Gasteiger partial charge in [-0.05, 0) is 38.5 Å². The first kappa shape index (κ1) is 21.4. The molecule has 0 radical (unpaired) electrons. The molecule has 1 aromatic heterocycles. The van der Waals surface area contributed by atoms with Crippen LogP contribution in [-0.4, -0.2) is 32.8 Å². The van der Waals surface area contributed by atoms with Crippen LogP contribution in [0.15, 0.2) is 52.9 Å². The summed E-state index contributed by atoms with van der Waals surface area (Å²) in [5.41, 5.74) is 3.13. The Morgan fingerprint density at radius 1 is 1.17 bits per heavy atom. The van der Waals surface area contributed by atoms with Crippen LogP contribution in [0.2, 0.25) is 5.02 Å². The molecule has 0 bridgehead atoms. The summed E-state index contributed by atoms with van der Waals surface area (Å²) in [7, 11) is 0. The zero-order valence-electron chi connectivity index (χ0n) is 16.8. The molecule has 3 aromatic rings. The Bertz CT molecular complexity index is 974. The van der Waals surface area contributed by atoms with Crippen molar-refractivity contribution in [1.82, 2.24) is 15.1 Å². The summed E-state index contributed by atoms with van der Waals surface area (Å²) < 4.78 is 5.76.